The lowest BCUT2D eigenvalue weighted by atomic mass is 10.1. The molecule has 1 fully saturated rings. The lowest BCUT2D eigenvalue weighted by Gasteiger charge is -2.36. The van der Waals surface area contributed by atoms with E-state index in [0.29, 0.717) is 18.0 Å². The Bertz CT molecular complexity index is 847. The highest BCUT2D eigenvalue weighted by Crippen LogP contribution is 2.27. The molecule has 2 aromatic carbocycles. The number of hydrogen-bond acceptors (Lipinski definition) is 3. The summed E-state index contributed by atoms with van der Waals surface area (Å²) in [4.78, 5) is 2.72. The molecule has 4 nitrogen and oxygen atoms in total. The second-order valence-electron chi connectivity index (χ2n) is 7.38. The highest BCUT2D eigenvalue weighted by Gasteiger charge is 2.29. The molecule has 0 N–H and O–H groups in total. The van der Waals surface area contributed by atoms with Gasteiger partial charge in [0, 0.05) is 31.9 Å². The van der Waals surface area contributed by atoms with Crippen LogP contribution in [-0.2, 0) is 16.4 Å². The van der Waals surface area contributed by atoms with Gasteiger partial charge in [0.05, 0.1) is 4.90 Å². The Morgan fingerprint density at radius 3 is 2.04 bits per heavy atom. The van der Waals surface area contributed by atoms with Crippen molar-refractivity contribution in [2.45, 2.75) is 44.9 Å². The van der Waals surface area contributed by atoms with Gasteiger partial charge in [0.2, 0.25) is 10.0 Å². The number of anilines is 1. The maximum absolute atomic E-state index is 13.0. The van der Waals surface area contributed by atoms with Crippen LogP contribution >= 0.6 is 0 Å². The molecule has 27 heavy (non-hydrogen) atoms. The first-order chi connectivity index (χ1) is 12.9. The maximum Gasteiger partial charge on any atom is 0.243 e. The van der Waals surface area contributed by atoms with Crippen molar-refractivity contribution in [2.24, 2.45) is 0 Å². The van der Waals surface area contributed by atoms with Gasteiger partial charge in [-0.2, -0.15) is 4.31 Å². The minimum atomic E-state index is -3.42. The van der Waals surface area contributed by atoms with E-state index in [1.807, 2.05) is 12.1 Å². The van der Waals surface area contributed by atoms with Crippen LogP contribution in [0.4, 0.5) is 5.69 Å². The number of para-hydroxylation sites is 1. The molecule has 0 aliphatic carbocycles. The molecule has 146 valence electrons. The predicted molar refractivity (Wildman–Crippen MR) is 112 cm³/mol. The number of benzene rings is 2. The zero-order valence-corrected chi connectivity index (χ0v) is 17.4. The van der Waals surface area contributed by atoms with E-state index in [-0.39, 0.29) is 0 Å². The SMILES string of the molecule is CCCCc1ccc(S(=O)(=O)N2CCN(c3c(C)cccc3C)CC2)cc1. The van der Waals surface area contributed by atoms with Crippen LogP contribution in [-0.4, -0.2) is 38.9 Å². The van der Waals surface area contributed by atoms with Crippen molar-refractivity contribution in [3.63, 3.8) is 0 Å². The van der Waals surface area contributed by atoms with E-state index < -0.39 is 10.0 Å². The Kier molecular flexibility index (Phi) is 6.22. The van der Waals surface area contributed by atoms with Crippen LogP contribution in [0.3, 0.4) is 0 Å². The van der Waals surface area contributed by atoms with Crippen molar-refractivity contribution in [2.75, 3.05) is 31.1 Å². The van der Waals surface area contributed by atoms with Crippen molar-refractivity contribution >= 4 is 15.7 Å². The minimum absolute atomic E-state index is 0.406. The first-order valence-corrected chi connectivity index (χ1v) is 11.3. The van der Waals surface area contributed by atoms with Crippen molar-refractivity contribution < 1.29 is 8.42 Å². The number of sulfonamides is 1. The summed E-state index contributed by atoms with van der Waals surface area (Å²) in [5.41, 5.74) is 4.94. The zero-order chi connectivity index (χ0) is 19.4. The van der Waals surface area contributed by atoms with Gasteiger partial charge in [-0.25, -0.2) is 8.42 Å². The average molecular weight is 387 g/mol. The van der Waals surface area contributed by atoms with E-state index >= 15 is 0 Å². The molecule has 0 aromatic heterocycles. The maximum atomic E-state index is 13.0. The van der Waals surface area contributed by atoms with Gasteiger partial charge in [-0.05, 0) is 55.5 Å². The van der Waals surface area contributed by atoms with E-state index in [4.69, 9.17) is 0 Å². The normalized spacial score (nSPS) is 15.9. The number of nitrogens with zero attached hydrogens (tertiary/aromatic N) is 2. The van der Waals surface area contributed by atoms with Gasteiger partial charge in [-0.1, -0.05) is 43.7 Å². The van der Waals surface area contributed by atoms with Gasteiger partial charge >= 0.3 is 0 Å². The van der Waals surface area contributed by atoms with Crippen LogP contribution in [0, 0.1) is 13.8 Å². The minimum Gasteiger partial charge on any atom is -0.368 e. The first-order valence-electron chi connectivity index (χ1n) is 9.83. The summed E-state index contributed by atoms with van der Waals surface area (Å²) in [6.07, 6.45) is 3.28. The smallest absolute Gasteiger partial charge is 0.243 e. The fourth-order valence-electron chi connectivity index (χ4n) is 3.81. The topological polar surface area (TPSA) is 40.6 Å². The Morgan fingerprint density at radius 2 is 1.48 bits per heavy atom. The van der Waals surface area contributed by atoms with Crippen molar-refractivity contribution in [1.82, 2.24) is 4.31 Å². The standard InChI is InChI=1S/C22H30N2O2S/c1-4-5-9-20-10-12-21(13-11-20)27(25,26)24-16-14-23(15-17-24)22-18(2)7-6-8-19(22)3/h6-8,10-13H,4-5,9,14-17H2,1-3H3. The summed E-state index contributed by atoms with van der Waals surface area (Å²) in [5, 5.41) is 0. The number of piperazine rings is 1. The Morgan fingerprint density at radius 1 is 0.889 bits per heavy atom. The lowest BCUT2D eigenvalue weighted by molar-refractivity contribution is 0.384. The summed E-state index contributed by atoms with van der Waals surface area (Å²) in [7, 11) is -3.42. The fourth-order valence-corrected chi connectivity index (χ4v) is 5.24. The predicted octanol–water partition coefficient (Wildman–Crippen LogP) is 4.16. The van der Waals surface area contributed by atoms with Crippen LogP contribution < -0.4 is 4.90 Å². The Balaban J connectivity index is 1.69. The van der Waals surface area contributed by atoms with Crippen LogP contribution in [0.2, 0.25) is 0 Å². The summed E-state index contributed by atoms with van der Waals surface area (Å²) in [5.74, 6) is 0. The molecule has 0 spiro atoms. The summed E-state index contributed by atoms with van der Waals surface area (Å²) >= 11 is 0. The van der Waals surface area contributed by atoms with Gasteiger partial charge < -0.3 is 4.90 Å². The van der Waals surface area contributed by atoms with Gasteiger partial charge in [-0.15, -0.1) is 0 Å². The number of rotatable bonds is 6. The van der Waals surface area contributed by atoms with Gasteiger partial charge in [0.25, 0.3) is 0 Å². The highest BCUT2D eigenvalue weighted by atomic mass is 32.2. The zero-order valence-electron chi connectivity index (χ0n) is 16.6. The second kappa shape index (κ2) is 8.44. The Hall–Kier alpha value is -1.85. The number of unbranched alkanes of at least 4 members (excludes halogenated alkanes) is 1. The third-order valence-electron chi connectivity index (χ3n) is 5.37. The number of hydrogen-bond donors (Lipinski definition) is 0. The first kappa shape index (κ1) is 19.9. The molecule has 1 heterocycles. The third kappa shape index (κ3) is 4.36. The molecule has 0 bridgehead atoms. The molecule has 0 radical (unpaired) electrons. The molecule has 0 amide bonds. The fraction of sp³-hybridized carbons (Fsp3) is 0.455. The summed E-state index contributed by atoms with van der Waals surface area (Å²) in [6, 6.07) is 13.7. The molecule has 2 aromatic rings. The van der Waals surface area contributed by atoms with Crippen LogP contribution in [0.5, 0.6) is 0 Å². The van der Waals surface area contributed by atoms with Crippen LogP contribution in [0.15, 0.2) is 47.4 Å². The molecule has 0 unspecified atom stereocenters. The van der Waals surface area contributed by atoms with Gasteiger partial charge in [0.15, 0.2) is 0 Å². The third-order valence-corrected chi connectivity index (χ3v) is 7.29. The molecular formula is C22H30N2O2S. The molecule has 1 aliphatic rings. The van der Waals surface area contributed by atoms with E-state index in [1.165, 1.54) is 22.4 Å². The van der Waals surface area contributed by atoms with Crippen LogP contribution in [0.1, 0.15) is 36.5 Å². The summed E-state index contributed by atoms with van der Waals surface area (Å²) < 4.78 is 27.6. The summed E-state index contributed by atoms with van der Waals surface area (Å²) in [6.45, 7) is 8.88. The highest BCUT2D eigenvalue weighted by molar-refractivity contribution is 7.89. The van der Waals surface area contributed by atoms with E-state index in [9.17, 15) is 8.42 Å². The van der Waals surface area contributed by atoms with E-state index in [0.717, 1.165) is 32.4 Å². The molecular weight excluding hydrogens is 356 g/mol. The molecule has 1 saturated heterocycles. The average Bonchev–Trinajstić information content (AvgIpc) is 2.67. The molecule has 5 heteroatoms. The van der Waals surface area contributed by atoms with E-state index in [2.05, 4.69) is 43.9 Å². The van der Waals surface area contributed by atoms with Gasteiger partial charge in [-0.3, -0.25) is 0 Å². The van der Waals surface area contributed by atoms with E-state index in [1.54, 1.807) is 16.4 Å². The van der Waals surface area contributed by atoms with Crippen molar-refractivity contribution in [3.05, 3.63) is 59.2 Å². The lowest BCUT2D eigenvalue weighted by Crippen LogP contribution is -2.49. The van der Waals surface area contributed by atoms with Crippen LogP contribution in [0.25, 0.3) is 0 Å². The second-order valence-corrected chi connectivity index (χ2v) is 9.32. The monoisotopic (exact) mass is 386 g/mol. The number of aryl methyl sites for hydroxylation is 3. The van der Waals surface area contributed by atoms with Crippen molar-refractivity contribution in [3.8, 4) is 0 Å². The van der Waals surface area contributed by atoms with Gasteiger partial charge in [0.1, 0.15) is 0 Å². The molecule has 0 atom stereocenters. The quantitative estimate of drug-likeness (QED) is 0.749. The molecule has 1 aliphatic heterocycles. The van der Waals surface area contributed by atoms with Crippen molar-refractivity contribution in [1.29, 1.82) is 0 Å². The molecule has 3 rings (SSSR count). The largest absolute Gasteiger partial charge is 0.368 e. The Labute approximate surface area is 163 Å². The molecule has 0 saturated carbocycles.